The highest BCUT2D eigenvalue weighted by Crippen LogP contribution is 2.30. The van der Waals surface area contributed by atoms with Crippen molar-refractivity contribution in [3.63, 3.8) is 0 Å². The number of carboxylic acids is 1. The summed E-state index contributed by atoms with van der Waals surface area (Å²) in [4.78, 5) is 40.4. The van der Waals surface area contributed by atoms with E-state index in [4.69, 9.17) is 5.11 Å². The number of benzene rings is 2. The van der Waals surface area contributed by atoms with E-state index in [0.29, 0.717) is 24.5 Å². The van der Waals surface area contributed by atoms with E-state index in [1.54, 1.807) is 17.0 Å². The van der Waals surface area contributed by atoms with Crippen LogP contribution in [0.1, 0.15) is 39.1 Å². The maximum absolute atomic E-state index is 13.1. The highest BCUT2D eigenvalue weighted by molar-refractivity contribution is 6.42. The zero-order valence-electron chi connectivity index (χ0n) is 16.6. The second kappa shape index (κ2) is 8.22. The number of nitrogens with zero attached hydrogens (tertiary/aromatic N) is 1. The van der Waals surface area contributed by atoms with E-state index in [0.717, 1.165) is 24.8 Å². The Kier molecular flexibility index (Phi) is 5.46. The fourth-order valence-electron chi connectivity index (χ4n) is 4.10. The van der Waals surface area contributed by atoms with E-state index in [-0.39, 0.29) is 34.0 Å². The quantitative estimate of drug-likeness (QED) is 0.430. The summed E-state index contributed by atoms with van der Waals surface area (Å²) in [6.45, 7) is 1.02. The van der Waals surface area contributed by atoms with Gasteiger partial charge in [0.1, 0.15) is 11.6 Å². The van der Waals surface area contributed by atoms with Gasteiger partial charge in [-0.15, -0.1) is 0 Å². The van der Waals surface area contributed by atoms with Crippen molar-refractivity contribution < 1.29 is 29.0 Å². The number of nitrogens with one attached hydrogen (secondary N) is 1. The lowest BCUT2D eigenvalue weighted by molar-refractivity contribution is -0.131. The van der Waals surface area contributed by atoms with Gasteiger partial charge in [-0.1, -0.05) is 12.1 Å². The summed E-state index contributed by atoms with van der Waals surface area (Å²) in [5.74, 6) is -3.18. The number of amides is 1. The Morgan fingerprint density at radius 2 is 1.74 bits per heavy atom. The van der Waals surface area contributed by atoms with E-state index in [9.17, 15) is 23.9 Å². The molecule has 3 aromatic rings. The molecule has 1 fully saturated rings. The van der Waals surface area contributed by atoms with Crippen molar-refractivity contribution >= 4 is 28.6 Å². The average molecular weight is 424 g/mol. The third kappa shape index (κ3) is 4.14. The van der Waals surface area contributed by atoms with Crippen molar-refractivity contribution in [2.24, 2.45) is 5.92 Å². The first-order valence-electron chi connectivity index (χ1n) is 9.99. The summed E-state index contributed by atoms with van der Waals surface area (Å²) >= 11 is 0. The Hall–Kier alpha value is -3.68. The molecule has 31 heavy (non-hydrogen) atoms. The molecule has 1 aliphatic heterocycles. The molecule has 0 radical (unpaired) electrons. The lowest BCUT2D eigenvalue weighted by atomic mass is 9.90. The summed E-state index contributed by atoms with van der Waals surface area (Å²) in [6.07, 6.45) is 3.62. The van der Waals surface area contributed by atoms with Gasteiger partial charge in [-0.05, 0) is 48.9 Å². The van der Waals surface area contributed by atoms with Gasteiger partial charge in [0.15, 0.2) is 0 Å². The summed E-state index contributed by atoms with van der Waals surface area (Å²) in [7, 11) is 0. The van der Waals surface area contributed by atoms with Crippen LogP contribution in [0.2, 0.25) is 0 Å². The number of halogens is 1. The first-order chi connectivity index (χ1) is 14.8. The fourth-order valence-corrected chi connectivity index (χ4v) is 4.10. The van der Waals surface area contributed by atoms with Gasteiger partial charge in [-0.2, -0.15) is 0 Å². The largest absolute Gasteiger partial charge is 0.507 e. The molecule has 1 aliphatic rings. The molecule has 1 aromatic heterocycles. The Bertz CT molecular complexity index is 1160. The molecule has 2 heterocycles. The monoisotopic (exact) mass is 424 g/mol. The predicted octanol–water partition coefficient (Wildman–Crippen LogP) is 3.37. The number of fused-ring (bicyclic) bond motifs is 1. The van der Waals surface area contributed by atoms with Crippen LogP contribution in [0, 0.1) is 11.7 Å². The van der Waals surface area contributed by atoms with E-state index < -0.39 is 11.8 Å². The molecule has 0 spiro atoms. The molecule has 3 N–H and O–H groups in total. The minimum Gasteiger partial charge on any atom is -0.507 e. The first-order valence-corrected chi connectivity index (χ1v) is 9.99. The zero-order chi connectivity index (χ0) is 22.1. The number of aromatic nitrogens is 1. The molecule has 0 bridgehead atoms. The van der Waals surface area contributed by atoms with Crippen LogP contribution in [0.3, 0.4) is 0 Å². The molecule has 160 valence electrons. The maximum atomic E-state index is 13.1. The van der Waals surface area contributed by atoms with Gasteiger partial charge >= 0.3 is 5.97 Å². The number of phenolic OH excluding ortho intramolecular Hbond substituents is 1. The van der Waals surface area contributed by atoms with Crippen molar-refractivity contribution in [2.45, 2.75) is 19.3 Å². The van der Waals surface area contributed by atoms with Gasteiger partial charge in [0.05, 0.1) is 11.1 Å². The zero-order valence-corrected chi connectivity index (χ0v) is 16.6. The topological polar surface area (TPSA) is 111 Å². The van der Waals surface area contributed by atoms with Gasteiger partial charge in [-0.25, -0.2) is 9.18 Å². The number of aromatic amines is 1. The fraction of sp³-hybridized carbons (Fsp3) is 0.261. The second-order valence-corrected chi connectivity index (χ2v) is 7.82. The van der Waals surface area contributed by atoms with Crippen LogP contribution < -0.4 is 0 Å². The van der Waals surface area contributed by atoms with Gasteiger partial charge in [0.25, 0.3) is 11.7 Å². The highest BCUT2D eigenvalue weighted by Gasteiger charge is 2.27. The number of carbonyl (C=O) groups is 3. The lowest BCUT2D eigenvalue weighted by Crippen LogP contribution is -2.39. The number of aliphatic carboxylic acids is 1. The van der Waals surface area contributed by atoms with Crippen molar-refractivity contribution in [3.8, 4) is 5.75 Å². The Balaban J connectivity index is 1.48. The second-order valence-electron chi connectivity index (χ2n) is 7.82. The molecule has 1 amide bonds. The molecule has 2 aromatic carbocycles. The number of carboxylic acid groups (broad SMARTS) is 1. The molecular weight excluding hydrogens is 403 g/mol. The SMILES string of the molecule is O=C(O)C(=O)c1c[nH]c2cc(O)c(C(=O)N3CCC(Cc4ccc(F)cc4)CC3)cc12. The highest BCUT2D eigenvalue weighted by atomic mass is 19.1. The number of phenols is 1. The average Bonchev–Trinajstić information content (AvgIpc) is 3.16. The van der Waals surface area contributed by atoms with Crippen molar-refractivity contribution in [1.29, 1.82) is 0 Å². The van der Waals surface area contributed by atoms with Crippen LogP contribution >= 0.6 is 0 Å². The maximum Gasteiger partial charge on any atom is 0.377 e. The minimum absolute atomic E-state index is 0.0310. The molecular formula is C23H21FN2O5. The number of rotatable bonds is 5. The van der Waals surface area contributed by atoms with Crippen molar-refractivity contribution in [2.75, 3.05) is 13.1 Å². The van der Waals surface area contributed by atoms with Crippen LogP contribution in [-0.2, 0) is 11.2 Å². The number of H-pyrrole nitrogens is 1. The Morgan fingerprint density at radius 1 is 1.06 bits per heavy atom. The van der Waals surface area contributed by atoms with Crippen LogP contribution in [0.5, 0.6) is 5.75 Å². The number of carbonyl (C=O) groups excluding carboxylic acids is 2. The minimum atomic E-state index is -1.59. The molecule has 0 saturated carbocycles. The number of hydrogen-bond donors (Lipinski definition) is 3. The molecule has 4 rings (SSSR count). The Morgan fingerprint density at radius 3 is 2.39 bits per heavy atom. The van der Waals surface area contributed by atoms with Crippen LogP contribution in [0.4, 0.5) is 4.39 Å². The summed E-state index contributed by atoms with van der Waals surface area (Å²) in [6, 6.07) is 9.11. The number of piperidine rings is 1. The molecule has 1 saturated heterocycles. The van der Waals surface area contributed by atoms with E-state index >= 15 is 0 Å². The molecule has 0 atom stereocenters. The number of ketones is 1. The molecule has 8 heteroatoms. The summed E-state index contributed by atoms with van der Waals surface area (Å²) < 4.78 is 13.1. The van der Waals surface area contributed by atoms with E-state index in [1.807, 2.05) is 0 Å². The van der Waals surface area contributed by atoms with Crippen molar-refractivity contribution in [3.05, 3.63) is 65.1 Å². The van der Waals surface area contributed by atoms with E-state index in [2.05, 4.69) is 4.98 Å². The van der Waals surface area contributed by atoms with Gasteiger partial charge in [0, 0.05) is 36.3 Å². The first kappa shape index (κ1) is 20.6. The third-order valence-corrected chi connectivity index (χ3v) is 5.81. The summed E-state index contributed by atoms with van der Waals surface area (Å²) in [5.41, 5.74) is 1.40. The lowest BCUT2D eigenvalue weighted by Gasteiger charge is -2.32. The summed E-state index contributed by atoms with van der Waals surface area (Å²) in [5, 5.41) is 19.6. The number of hydrogen-bond acceptors (Lipinski definition) is 4. The van der Waals surface area contributed by atoms with Crippen LogP contribution in [-0.4, -0.2) is 50.8 Å². The number of aromatic hydroxyl groups is 1. The standard InChI is InChI=1S/C23H21FN2O5/c24-15-3-1-13(2-4-15)9-14-5-7-26(8-6-14)22(29)17-10-16-18(21(28)23(30)31)12-25-19(16)11-20(17)27/h1-4,10-12,14,25,27H,5-9H2,(H,30,31). The Labute approximate surface area is 177 Å². The molecule has 7 nitrogen and oxygen atoms in total. The van der Waals surface area contributed by atoms with E-state index in [1.165, 1.54) is 30.5 Å². The van der Waals surface area contributed by atoms with Gasteiger partial charge in [0.2, 0.25) is 0 Å². The molecule has 0 aliphatic carbocycles. The molecule has 0 unspecified atom stereocenters. The third-order valence-electron chi connectivity index (χ3n) is 5.81. The number of likely N-dealkylation sites (tertiary alicyclic amines) is 1. The van der Waals surface area contributed by atoms with Gasteiger partial charge in [-0.3, -0.25) is 9.59 Å². The van der Waals surface area contributed by atoms with Crippen LogP contribution in [0.15, 0.2) is 42.6 Å². The number of Topliss-reactive ketones (excluding diaryl/α,β-unsaturated/α-hetero) is 1. The van der Waals surface area contributed by atoms with Crippen LogP contribution in [0.25, 0.3) is 10.9 Å². The normalized spacial score (nSPS) is 14.7. The predicted molar refractivity (Wildman–Crippen MR) is 111 cm³/mol. The van der Waals surface area contributed by atoms with Gasteiger partial charge < -0.3 is 20.1 Å². The smallest absolute Gasteiger partial charge is 0.377 e. The van der Waals surface area contributed by atoms with Crippen molar-refractivity contribution in [1.82, 2.24) is 9.88 Å².